The van der Waals surface area contributed by atoms with E-state index in [2.05, 4.69) is 25.5 Å². The highest BCUT2D eigenvalue weighted by molar-refractivity contribution is 7.98. The van der Waals surface area contributed by atoms with Gasteiger partial charge in [0.15, 0.2) is 22.5 Å². The maximum Gasteiger partial charge on any atom is 0.270 e. The van der Waals surface area contributed by atoms with E-state index in [1.165, 1.54) is 23.1 Å². The van der Waals surface area contributed by atoms with Crippen LogP contribution < -0.4 is 14.8 Å². The molecule has 3 aromatic heterocycles. The van der Waals surface area contributed by atoms with E-state index in [0.717, 1.165) is 27.4 Å². The summed E-state index contributed by atoms with van der Waals surface area (Å²) < 4.78 is 12.6. The zero-order valence-electron chi connectivity index (χ0n) is 22.6. The van der Waals surface area contributed by atoms with E-state index in [0.29, 0.717) is 51.9 Å². The number of thiazole rings is 1. The lowest BCUT2D eigenvalue weighted by molar-refractivity contribution is 0.0949. The van der Waals surface area contributed by atoms with Crippen molar-refractivity contribution in [1.82, 2.24) is 30.0 Å². The first-order chi connectivity index (χ1) is 20.0. The SMILES string of the molecule is COc1ccc(CCNC(=O)c2csc(CSc3nnc(-c4ccncc4)n3-c3cc(Cl)ccc3C)n2)cc1OC. The number of aromatic nitrogens is 5. The van der Waals surface area contributed by atoms with E-state index in [9.17, 15) is 4.79 Å². The average molecular weight is 607 g/mol. The number of methoxy groups -OCH3 is 2. The monoisotopic (exact) mass is 606 g/mol. The summed E-state index contributed by atoms with van der Waals surface area (Å²) in [7, 11) is 3.20. The minimum atomic E-state index is -0.212. The van der Waals surface area contributed by atoms with Gasteiger partial charge in [-0.2, -0.15) is 0 Å². The van der Waals surface area contributed by atoms with Gasteiger partial charge in [0.05, 0.1) is 25.7 Å². The average Bonchev–Trinajstić information content (AvgIpc) is 3.65. The molecule has 0 bridgehead atoms. The smallest absolute Gasteiger partial charge is 0.270 e. The van der Waals surface area contributed by atoms with Crippen molar-refractivity contribution in [2.75, 3.05) is 20.8 Å². The van der Waals surface area contributed by atoms with Gasteiger partial charge in [0.25, 0.3) is 5.91 Å². The van der Waals surface area contributed by atoms with Crippen LogP contribution >= 0.6 is 34.7 Å². The Morgan fingerprint density at radius 1 is 1.05 bits per heavy atom. The van der Waals surface area contributed by atoms with Crippen molar-refractivity contribution in [2.45, 2.75) is 24.3 Å². The van der Waals surface area contributed by atoms with E-state index in [1.807, 2.05) is 60.0 Å². The molecule has 0 aliphatic heterocycles. The summed E-state index contributed by atoms with van der Waals surface area (Å²) >= 11 is 9.29. The van der Waals surface area contributed by atoms with E-state index in [-0.39, 0.29) is 5.91 Å². The number of nitrogens with one attached hydrogen (secondary N) is 1. The van der Waals surface area contributed by atoms with Crippen LogP contribution in [-0.4, -0.2) is 51.4 Å². The van der Waals surface area contributed by atoms with E-state index < -0.39 is 0 Å². The van der Waals surface area contributed by atoms with Crippen LogP contribution in [0.4, 0.5) is 0 Å². The molecule has 0 radical (unpaired) electrons. The lowest BCUT2D eigenvalue weighted by atomic mass is 10.1. The van der Waals surface area contributed by atoms with Gasteiger partial charge in [-0.15, -0.1) is 21.5 Å². The minimum absolute atomic E-state index is 0.212. The Kier molecular flexibility index (Phi) is 9.17. The summed E-state index contributed by atoms with van der Waals surface area (Å²) in [5.74, 6) is 2.33. The van der Waals surface area contributed by atoms with Crippen LogP contribution in [-0.2, 0) is 12.2 Å². The van der Waals surface area contributed by atoms with Gasteiger partial charge in [0, 0.05) is 34.9 Å². The number of rotatable bonds is 11. The molecule has 1 N–H and O–H groups in total. The molecular weight excluding hydrogens is 580 g/mol. The number of nitrogens with zero attached hydrogens (tertiary/aromatic N) is 5. The molecule has 0 fully saturated rings. The van der Waals surface area contributed by atoms with Crippen LogP contribution in [0, 0.1) is 6.92 Å². The number of halogens is 1. The molecule has 9 nitrogen and oxygen atoms in total. The van der Waals surface area contributed by atoms with Gasteiger partial charge in [0.2, 0.25) is 0 Å². The van der Waals surface area contributed by atoms with Crippen molar-refractivity contribution < 1.29 is 14.3 Å². The Hall–Kier alpha value is -3.93. The van der Waals surface area contributed by atoms with Crippen LogP contribution in [0.15, 0.2) is 71.5 Å². The van der Waals surface area contributed by atoms with Gasteiger partial charge in [-0.25, -0.2) is 4.98 Å². The van der Waals surface area contributed by atoms with Crippen molar-refractivity contribution in [3.05, 3.63) is 93.2 Å². The lowest BCUT2D eigenvalue weighted by Crippen LogP contribution is -2.26. The highest BCUT2D eigenvalue weighted by atomic mass is 35.5. The van der Waals surface area contributed by atoms with Crippen LogP contribution in [0.2, 0.25) is 5.02 Å². The maximum absolute atomic E-state index is 12.8. The molecule has 1 amide bonds. The second-order valence-corrected chi connectivity index (χ2v) is 11.2. The zero-order chi connectivity index (χ0) is 28.8. The largest absolute Gasteiger partial charge is 0.493 e. The summed E-state index contributed by atoms with van der Waals surface area (Å²) in [6, 6.07) is 15.2. The molecule has 0 saturated heterocycles. The number of benzene rings is 2. The summed E-state index contributed by atoms with van der Waals surface area (Å²) in [6.45, 7) is 2.49. The first kappa shape index (κ1) is 28.6. The molecule has 0 unspecified atom stereocenters. The van der Waals surface area contributed by atoms with Crippen LogP contribution in [0.1, 0.15) is 26.6 Å². The number of hydrogen-bond acceptors (Lipinski definition) is 9. The highest BCUT2D eigenvalue weighted by Crippen LogP contribution is 2.32. The van der Waals surface area contributed by atoms with Gasteiger partial charge in [-0.1, -0.05) is 35.5 Å². The second kappa shape index (κ2) is 13.2. The molecule has 5 aromatic rings. The Morgan fingerprint density at radius 2 is 1.85 bits per heavy atom. The first-order valence-corrected chi connectivity index (χ1v) is 14.9. The van der Waals surface area contributed by atoms with E-state index >= 15 is 0 Å². The normalized spacial score (nSPS) is 10.9. The minimum Gasteiger partial charge on any atom is -0.493 e. The van der Waals surface area contributed by atoms with Crippen molar-refractivity contribution in [3.8, 4) is 28.6 Å². The quantitative estimate of drug-likeness (QED) is 0.182. The summed E-state index contributed by atoms with van der Waals surface area (Å²) in [5, 5.41) is 15.8. The predicted molar refractivity (Wildman–Crippen MR) is 162 cm³/mol. The Morgan fingerprint density at radius 3 is 2.63 bits per heavy atom. The number of hydrogen-bond donors (Lipinski definition) is 1. The molecule has 0 aliphatic rings. The summed E-state index contributed by atoms with van der Waals surface area (Å²) in [5.41, 5.74) is 4.24. The number of thioether (sulfide) groups is 1. The number of pyridine rings is 1. The number of carbonyl (C=O) groups is 1. The first-order valence-electron chi connectivity index (χ1n) is 12.7. The Bertz CT molecular complexity index is 1660. The molecule has 0 spiro atoms. The second-order valence-electron chi connectivity index (χ2n) is 8.92. The predicted octanol–water partition coefficient (Wildman–Crippen LogP) is 6.03. The summed E-state index contributed by atoms with van der Waals surface area (Å²) in [6.07, 6.45) is 4.10. The molecule has 2 aromatic carbocycles. The fourth-order valence-electron chi connectivity index (χ4n) is 4.15. The maximum atomic E-state index is 12.8. The number of amides is 1. The number of ether oxygens (including phenoxy) is 2. The molecule has 3 heterocycles. The molecule has 0 saturated carbocycles. The molecule has 0 aliphatic carbocycles. The van der Waals surface area contributed by atoms with Crippen molar-refractivity contribution in [3.63, 3.8) is 0 Å². The number of carbonyl (C=O) groups excluding carboxylic acids is 1. The van der Waals surface area contributed by atoms with Crippen molar-refractivity contribution in [2.24, 2.45) is 0 Å². The van der Waals surface area contributed by atoms with E-state index in [1.54, 1.807) is 32.0 Å². The highest BCUT2D eigenvalue weighted by Gasteiger charge is 2.19. The molecule has 210 valence electrons. The third-order valence-corrected chi connectivity index (χ3v) is 8.45. The fraction of sp³-hybridized carbons (Fsp3) is 0.207. The molecule has 12 heteroatoms. The molecule has 41 heavy (non-hydrogen) atoms. The standard InChI is InChI=1S/C29H27ClN6O3S2/c1-18-4-6-21(30)15-23(18)36-27(20-9-11-31-12-10-20)34-35-29(36)41-17-26-33-22(16-40-26)28(37)32-13-8-19-5-7-24(38-2)25(14-19)39-3/h4-7,9-12,14-16H,8,13,17H2,1-3H3,(H,32,37). The molecular formula is C29H27ClN6O3S2. The van der Waals surface area contributed by atoms with Gasteiger partial charge in [-0.3, -0.25) is 14.3 Å². The fourth-order valence-corrected chi connectivity index (χ4v) is 6.05. The number of aryl methyl sites for hydroxylation is 1. The lowest BCUT2D eigenvalue weighted by Gasteiger charge is -2.13. The topological polar surface area (TPSA) is 104 Å². The van der Waals surface area contributed by atoms with E-state index in [4.69, 9.17) is 21.1 Å². The molecule has 5 rings (SSSR count). The van der Waals surface area contributed by atoms with Crippen LogP contribution in [0.3, 0.4) is 0 Å². The Labute approximate surface area is 250 Å². The van der Waals surface area contributed by atoms with Crippen molar-refractivity contribution >= 4 is 40.6 Å². The van der Waals surface area contributed by atoms with Crippen LogP contribution in [0.5, 0.6) is 11.5 Å². The van der Waals surface area contributed by atoms with Crippen molar-refractivity contribution in [1.29, 1.82) is 0 Å². The van der Waals surface area contributed by atoms with Gasteiger partial charge >= 0.3 is 0 Å². The van der Waals surface area contributed by atoms with Crippen LogP contribution in [0.25, 0.3) is 17.1 Å². The van der Waals surface area contributed by atoms with Gasteiger partial charge < -0.3 is 14.8 Å². The third-order valence-electron chi connectivity index (χ3n) is 6.24. The van der Waals surface area contributed by atoms with Gasteiger partial charge in [0.1, 0.15) is 10.7 Å². The third kappa shape index (κ3) is 6.70. The molecule has 0 atom stereocenters. The Balaban J connectivity index is 1.26. The summed E-state index contributed by atoms with van der Waals surface area (Å²) in [4.78, 5) is 21.4. The van der Waals surface area contributed by atoms with Gasteiger partial charge in [-0.05, 0) is 60.9 Å². The zero-order valence-corrected chi connectivity index (χ0v) is 25.0.